The summed E-state index contributed by atoms with van der Waals surface area (Å²) in [7, 11) is -9.72. The Hall–Kier alpha value is -0.810. The molecule has 1 aromatic carbocycles. The molecule has 0 unspecified atom stereocenters. The molecule has 0 aliphatic rings. The van der Waals surface area contributed by atoms with E-state index in [9.17, 15) is 34.8 Å². The molecule has 3 nitrogen and oxygen atoms in total. The molecule has 12 heteroatoms. The fourth-order valence-corrected chi connectivity index (χ4v) is 3.52. The van der Waals surface area contributed by atoms with Crippen molar-refractivity contribution in [2.24, 2.45) is 3.77 Å². The van der Waals surface area contributed by atoms with Crippen molar-refractivity contribution in [3.05, 3.63) is 29.3 Å². The summed E-state index contributed by atoms with van der Waals surface area (Å²) in [5, 5.41) is 0.0400. The minimum atomic E-state index is -6.25. The van der Waals surface area contributed by atoms with Crippen LogP contribution in [0.1, 0.15) is 0 Å². The maximum atomic E-state index is 12.7. The van der Waals surface area contributed by atoms with Gasteiger partial charge >= 0.3 is 21.0 Å². The summed E-state index contributed by atoms with van der Waals surface area (Å²) in [4.78, 5) is -0.741. The predicted molar refractivity (Wildman–Crippen MR) is 60.5 cm³/mol. The zero-order valence-corrected chi connectivity index (χ0v) is 11.4. The molecule has 114 valence electrons. The molecule has 1 aromatic rings. The molecule has 0 heterocycles. The fraction of sp³-hybridized carbons (Fsp3) is 0.250. The van der Waals surface area contributed by atoms with Gasteiger partial charge in [0.2, 0.25) is 0 Å². The maximum Gasteiger partial charge on any atom is 0.519 e. The van der Waals surface area contributed by atoms with Gasteiger partial charge in [0.15, 0.2) is 0 Å². The zero-order valence-electron chi connectivity index (χ0n) is 9.04. The lowest BCUT2D eigenvalue weighted by molar-refractivity contribution is -0.0437. The number of alkyl halides is 6. The van der Waals surface area contributed by atoms with Crippen LogP contribution in [0.15, 0.2) is 32.9 Å². The molecular weight excluding hydrogens is 356 g/mol. The highest BCUT2D eigenvalue weighted by molar-refractivity contribution is 8.01. The van der Waals surface area contributed by atoms with Crippen molar-refractivity contribution in [3.8, 4) is 0 Å². The SMILES string of the molecule is O=S(=O)(N=[S@](c1ccc(Cl)cc1)C(F)(F)F)C(F)(F)F. The van der Waals surface area contributed by atoms with Gasteiger partial charge in [0.05, 0.1) is 10.7 Å². The number of sulfonamides is 1. The van der Waals surface area contributed by atoms with Crippen LogP contribution in [-0.4, -0.2) is 19.4 Å². The first-order valence-corrected chi connectivity index (χ1v) is 7.45. The van der Waals surface area contributed by atoms with Gasteiger partial charge in [-0.25, -0.2) is 0 Å². The van der Waals surface area contributed by atoms with Gasteiger partial charge in [-0.15, -0.1) is 3.77 Å². The molecule has 0 aromatic heterocycles. The summed E-state index contributed by atoms with van der Waals surface area (Å²) in [5.74, 6) is 0. The smallest absolute Gasteiger partial charge is 0.194 e. The molecule has 1 rings (SSSR count). The first-order valence-electron chi connectivity index (χ1n) is 4.46. The second-order valence-corrected chi connectivity index (χ2v) is 7.13. The van der Waals surface area contributed by atoms with E-state index in [1.54, 1.807) is 0 Å². The van der Waals surface area contributed by atoms with E-state index in [0.29, 0.717) is 0 Å². The van der Waals surface area contributed by atoms with E-state index in [1.807, 2.05) is 3.77 Å². The van der Waals surface area contributed by atoms with Crippen LogP contribution >= 0.6 is 11.6 Å². The van der Waals surface area contributed by atoms with Crippen LogP contribution in [0.25, 0.3) is 0 Å². The first-order chi connectivity index (χ1) is 8.84. The molecule has 0 fully saturated rings. The third-order valence-corrected chi connectivity index (χ3v) is 5.10. The normalized spacial score (nSPS) is 15.3. The second kappa shape index (κ2) is 5.53. The Kier molecular flexibility index (Phi) is 4.76. The number of nitrogens with zero attached hydrogens (tertiary/aromatic N) is 1. The lowest BCUT2D eigenvalue weighted by atomic mass is 10.4. The van der Waals surface area contributed by atoms with Gasteiger partial charge in [-0.3, -0.25) is 0 Å². The number of hydrogen-bond donors (Lipinski definition) is 0. The van der Waals surface area contributed by atoms with Crippen molar-refractivity contribution in [2.45, 2.75) is 15.9 Å². The number of rotatable bonds is 2. The van der Waals surface area contributed by atoms with E-state index in [4.69, 9.17) is 11.6 Å². The standard InChI is InChI=1S/C8H4ClF6NO2S2/c9-5-1-3-6(4-2-5)19(7(10,11)12)16-20(17,18)8(13,14)15/h1-4H/t19-/m1/s1. The van der Waals surface area contributed by atoms with Gasteiger partial charge in [0.1, 0.15) is 0 Å². The summed E-state index contributed by atoms with van der Waals surface area (Å²) >= 11 is 5.43. The molecule has 0 N–H and O–H groups in total. The lowest BCUT2D eigenvalue weighted by Crippen LogP contribution is -2.25. The highest BCUT2D eigenvalue weighted by Crippen LogP contribution is 2.33. The van der Waals surface area contributed by atoms with Crippen molar-refractivity contribution in [1.29, 1.82) is 0 Å². The topological polar surface area (TPSA) is 46.5 Å². The minimum Gasteiger partial charge on any atom is -0.194 e. The maximum absolute atomic E-state index is 12.7. The third-order valence-electron chi connectivity index (χ3n) is 1.72. The largest absolute Gasteiger partial charge is 0.519 e. The number of hydrogen-bond acceptors (Lipinski definition) is 2. The van der Waals surface area contributed by atoms with Crippen LogP contribution in [-0.2, 0) is 20.7 Å². The Balaban J connectivity index is 3.47. The van der Waals surface area contributed by atoms with Crippen molar-refractivity contribution < 1.29 is 34.8 Å². The predicted octanol–water partition coefficient (Wildman–Crippen LogP) is 3.87. The van der Waals surface area contributed by atoms with Crippen molar-refractivity contribution in [2.75, 3.05) is 0 Å². The highest BCUT2D eigenvalue weighted by Gasteiger charge is 2.48. The Bertz CT molecular complexity index is 620. The van der Waals surface area contributed by atoms with Gasteiger partial charge in [0, 0.05) is 9.92 Å². The molecule has 20 heavy (non-hydrogen) atoms. The molecular formula is C8H4ClF6NO2S2. The van der Waals surface area contributed by atoms with E-state index in [0.717, 1.165) is 24.3 Å². The van der Waals surface area contributed by atoms with E-state index in [2.05, 4.69) is 0 Å². The average molecular weight is 360 g/mol. The van der Waals surface area contributed by atoms with Crippen LogP contribution in [0.4, 0.5) is 26.3 Å². The van der Waals surface area contributed by atoms with Crippen LogP contribution in [0.2, 0.25) is 5.02 Å². The van der Waals surface area contributed by atoms with Crippen molar-refractivity contribution in [3.63, 3.8) is 0 Å². The van der Waals surface area contributed by atoms with Crippen LogP contribution in [0, 0.1) is 0 Å². The summed E-state index contributed by atoms with van der Waals surface area (Å²) in [6.45, 7) is 0. The molecule has 0 amide bonds. The fourth-order valence-electron chi connectivity index (χ4n) is 0.923. The summed E-state index contributed by atoms with van der Waals surface area (Å²) in [6, 6.07) is 3.49. The van der Waals surface area contributed by atoms with Gasteiger partial charge in [0.25, 0.3) is 0 Å². The van der Waals surface area contributed by atoms with Crippen LogP contribution in [0.3, 0.4) is 0 Å². The van der Waals surface area contributed by atoms with Crippen LogP contribution < -0.4 is 0 Å². The summed E-state index contributed by atoms with van der Waals surface area (Å²) in [5.41, 5.74) is -11.2. The third kappa shape index (κ3) is 4.09. The van der Waals surface area contributed by atoms with E-state index >= 15 is 0 Å². The number of halogens is 7. The Labute approximate surface area is 116 Å². The lowest BCUT2D eigenvalue weighted by Gasteiger charge is -2.12. The summed E-state index contributed by atoms with van der Waals surface area (Å²) in [6.07, 6.45) is 0. The number of benzene rings is 1. The van der Waals surface area contributed by atoms with Crippen molar-refractivity contribution in [1.82, 2.24) is 0 Å². The molecule has 0 saturated heterocycles. The molecule has 0 radical (unpaired) electrons. The van der Waals surface area contributed by atoms with Gasteiger partial charge in [-0.05, 0) is 24.3 Å². The monoisotopic (exact) mass is 359 g/mol. The molecule has 0 saturated carbocycles. The summed E-state index contributed by atoms with van der Waals surface area (Å²) < 4.78 is 97.8. The first kappa shape index (κ1) is 17.2. The van der Waals surface area contributed by atoms with Gasteiger partial charge in [-0.2, -0.15) is 34.8 Å². The van der Waals surface area contributed by atoms with E-state index < -0.39 is 36.6 Å². The van der Waals surface area contributed by atoms with Gasteiger partial charge < -0.3 is 0 Å². The highest BCUT2D eigenvalue weighted by atomic mass is 35.5. The Morgan fingerprint density at radius 2 is 1.45 bits per heavy atom. The van der Waals surface area contributed by atoms with Crippen LogP contribution in [0.5, 0.6) is 0 Å². The van der Waals surface area contributed by atoms with E-state index in [1.165, 1.54) is 0 Å². The quantitative estimate of drug-likeness (QED) is 0.752. The Morgan fingerprint density at radius 1 is 1.00 bits per heavy atom. The zero-order chi connectivity index (χ0) is 15.8. The molecule has 0 aliphatic heterocycles. The minimum absolute atomic E-state index is 0.0400. The molecule has 0 spiro atoms. The van der Waals surface area contributed by atoms with Crippen molar-refractivity contribution >= 4 is 32.3 Å². The average Bonchev–Trinajstić information content (AvgIpc) is 2.24. The van der Waals surface area contributed by atoms with Gasteiger partial charge in [-0.1, -0.05) is 11.6 Å². The Morgan fingerprint density at radius 3 is 1.80 bits per heavy atom. The molecule has 0 aliphatic carbocycles. The molecule has 1 atom stereocenters. The van der Waals surface area contributed by atoms with E-state index in [-0.39, 0.29) is 5.02 Å². The molecule has 0 bridgehead atoms. The second-order valence-electron chi connectivity index (χ2n) is 3.18.